The normalized spacial score (nSPS) is 14.0. The molecule has 1 aromatic heterocycles. The van der Waals surface area contributed by atoms with Gasteiger partial charge in [0.1, 0.15) is 5.75 Å². The number of methoxy groups -OCH3 is 1. The highest BCUT2D eigenvalue weighted by atomic mass is 16.5. The molecule has 0 aliphatic carbocycles. The Morgan fingerprint density at radius 3 is 2.64 bits per heavy atom. The zero-order valence-electron chi connectivity index (χ0n) is 12.5. The zero-order chi connectivity index (χ0) is 15.4. The van der Waals surface area contributed by atoms with E-state index in [1.165, 1.54) is 12.8 Å². The van der Waals surface area contributed by atoms with Crippen LogP contribution in [-0.2, 0) is 0 Å². The predicted octanol–water partition coefficient (Wildman–Crippen LogP) is 2.34. The molecule has 6 heteroatoms. The van der Waals surface area contributed by atoms with E-state index in [-0.39, 0.29) is 5.91 Å². The Balaban J connectivity index is 1.68. The molecule has 1 fully saturated rings. The van der Waals surface area contributed by atoms with Gasteiger partial charge in [-0.3, -0.25) is 4.79 Å². The molecule has 2 heterocycles. The molecule has 0 bridgehead atoms. The molecule has 22 heavy (non-hydrogen) atoms. The quantitative estimate of drug-likeness (QED) is 0.938. The number of carbonyl (C=O) groups is 1. The second-order valence-corrected chi connectivity index (χ2v) is 5.15. The number of anilines is 2. The summed E-state index contributed by atoms with van der Waals surface area (Å²) in [6.45, 7) is 1.99. The molecule has 1 aromatic carbocycles. The molecule has 1 aliphatic heterocycles. The van der Waals surface area contributed by atoms with Crippen molar-refractivity contribution in [1.82, 2.24) is 9.97 Å². The Kier molecular flexibility index (Phi) is 4.18. The number of benzene rings is 1. The van der Waals surface area contributed by atoms with E-state index >= 15 is 0 Å². The summed E-state index contributed by atoms with van der Waals surface area (Å²) in [6, 6.07) is 7.00. The highest BCUT2D eigenvalue weighted by Gasteiger charge is 2.15. The van der Waals surface area contributed by atoms with Gasteiger partial charge in [0.2, 0.25) is 5.95 Å². The molecule has 0 unspecified atom stereocenters. The maximum atomic E-state index is 12.2. The van der Waals surface area contributed by atoms with Crippen molar-refractivity contribution in [3.8, 4) is 5.75 Å². The topological polar surface area (TPSA) is 67.3 Å². The number of nitrogens with zero attached hydrogens (tertiary/aromatic N) is 3. The first kappa shape index (κ1) is 14.3. The van der Waals surface area contributed by atoms with Gasteiger partial charge in [-0.1, -0.05) is 6.07 Å². The van der Waals surface area contributed by atoms with Crippen molar-refractivity contribution >= 4 is 17.5 Å². The van der Waals surface area contributed by atoms with Crippen molar-refractivity contribution in [2.45, 2.75) is 12.8 Å². The molecule has 1 aliphatic rings. The third-order valence-corrected chi connectivity index (χ3v) is 3.62. The second kappa shape index (κ2) is 6.43. The van der Waals surface area contributed by atoms with E-state index in [4.69, 9.17) is 4.74 Å². The van der Waals surface area contributed by atoms with Crippen LogP contribution in [0.4, 0.5) is 11.6 Å². The maximum Gasteiger partial charge on any atom is 0.255 e. The fourth-order valence-corrected chi connectivity index (χ4v) is 2.43. The van der Waals surface area contributed by atoms with Gasteiger partial charge >= 0.3 is 0 Å². The number of amides is 1. The molecule has 1 saturated heterocycles. The standard InChI is InChI=1S/C16H18N4O2/c1-22-14-6-4-5-12(9-14)15(21)19-13-10-17-16(18-11-13)20-7-2-3-8-20/h4-6,9-11H,2-3,7-8H2,1H3,(H,19,21). The second-order valence-electron chi connectivity index (χ2n) is 5.15. The van der Waals surface area contributed by atoms with Crippen molar-refractivity contribution in [3.63, 3.8) is 0 Å². The van der Waals surface area contributed by atoms with E-state index in [9.17, 15) is 4.79 Å². The highest BCUT2D eigenvalue weighted by Crippen LogP contribution is 2.17. The van der Waals surface area contributed by atoms with Crippen LogP contribution in [0, 0.1) is 0 Å². The number of nitrogens with one attached hydrogen (secondary N) is 1. The van der Waals surface area contributed by atoms with Crippen molar-refractivity contribution in [1.29, 1.82) is 0 Å². The van der Waals surface area contributed by atoms with Crippen LogP contribution in [0.5, 0.6) is 5.75 Å². The van der Waals surface area contributed by atoms with Crippen LogP contribution < -0.4 is 15.0 Å². The predicted molar refractivity (Wildman–Crippen MR) is 84.4 cm³/mol. The lowest BCUT2D eigenvalue weighted by molar-refractivity contribution is 0.102. The third kappa shape index (κ3) is 3.16. The van der Waals surface area contributed by atoms with E-state index in [0.717, 1.165) is 19.0 Å². The van der Waals surface area contributed by atoms with Gasteiger partial charge in [-0.2, -0.15) is 0 Å². The van der Waals surface area contributed by atoms with E-state index in [1.807, 2.05) is 0 Å². The number of rotatable bonds is 4. The van der Waals surface area contributed by atoms with Gasteiger partial charge in [0.05, 0.1) is 25.2 Å². The summed E-state index contributed by atoms with van der Waals surface area (Å²) in [6.07, 6.45) is 5.63. The molecule has 1 amide bonds. The molecule has 1 N–H and O–H groups in total. The highest BCUT2D eigenvalue weighted by molar-refractivity contribution is 6.04. The van der Waals surface area contributed by atoms with Gasteiger partial charge in [-0.15, -0.1) is 0 Å². The lowest BCUT2D eigenvalue weighted by atomic mass is 10.2. The number of ether oxygens (including phenoxy) is 1. The van der Waals surface area contributed by atoms with Crippen LogP contribution in [0.2, 0.25) is 0 Å². The summed E-state index contributed by atoms with van der Waals surface area (Å²) in [5, 5.41) is 2.79. The lowest BCUT2D eigenvalue weighted by Gasteiger charge is -2.14. The van der Waals surface area contributed by atoms with Gasteiger partial charge in [-0.05, 0) is 31.0 Å². The third-order valence-electron chi connectivity index (χ3n) is 3.62. The molecule has 6 nitrogen and oxygen atoms in total. The van der Waals surface area contributed by atoms with Gasteiger partial charge in [0.25, 0.3) is 5.91 Å². The Hall–Kier alpha value is -2.63. The van der Waals surface area contributed by atoms with Crippen molar-refractivity contribution in [3.05, 3.63) is 42.2 Å². The minimum absolute atomic E-state index is 0.212. The Morgan fingerprint density at radius 1 is 1.23 bits per heavy atom. The largest absolute Gasteiger partial charge is 0.497 e. The Bertz CT molecular complexity index is 651. The van der Waals surface area contributed by atoms with Gasteiger partial charge in [0.15, 0.2) is 0 Å². The lowest BCUT2D eigenvalue weighted by Crippen LogP contribution is -2.20. The van der Waals surface area contributed by atoms with Gasteiger partial charge in [0, 0.05) is 18.7 Å². The molecule has 0 saturated carbocycles. The van der Waals surface area contributed by atoms with Crippen LogP contribution in [0.1, 0.15) is 23.2 Å². The maximum absolute atomic E-state index is 12.2. The summed E-state index contributed by atoms with van der Waals surface area (Å²) in [7, 11) is 1.57. The van der Waals surface area contributed by atoms with E-state index < -0.39 is 0 Å². The molecule has 0 spiro atoms. The van der Waals surface area contributed by atoms with Crippen molar-refractivity contribution in [2.75, 3.05) is 30.4 Å². The minimum Gasteiger partial charge on any atom is -0.497 e. The first-order chi connectivity index (χ1) is 10.8. The monoisotopic (exact) mass is 298 g/mol. The number of carbonyl (C=O) groups excluding carboxylic acids is 1. The average Bonchev–Trinajstić information content (AvgIpc) is 3.10. The fourth-order valence-electron chi connectivity index (χ4n) is 2.43. The van der Waals surface area contributed by atoms with Crippen LogP contribution >= 0.6 is 0 Å². The summed E-state index contributed by atoms with van der Waals surface area (Å²) in [5.74, 6) is 1.15. The fraction of sp³-hybridized carbons (Fsp3) is 0.312. The molecule has 3 rings (SSSR count). The van der Waals surface area contributed by atoms with Crippen molar-refractivity contribution in [2.24, 2.45) is 0 Å². The minimum atomic E-state index is -0.212. The van der Waals surface area contributed by atoms with Gasteiger partial charge in [-0.25, -0.2) is 9.97 Å². The Morgan fingerprint density at radius 2 is 1.95 bits per heavy atom. The zero-order valence-corrected chi connectivity index (χ0v) is 12.5. The van der Waals surface area contributed by atoms with E-state index in [0.29, 0.717) is 17.0 Å². The summed E-state index contributed by atoms with van der Waals surface area (Å²) in [4.78, 5) is 23.0. The average molecular weight is 298 g/mol. The van der Waals surface area contributed by atoms with Crippen LogP contribution in [0.25, 0.3) is 0 Å². The van der Waals surface area contributed by atoms with E-state index in [1.54, 1.807) is 43.8 Å². The number of hydrogen-bond acceptors (Lipinski definition) is 5. The number of hydrogen-bond donors (Lipinski definition) is 1. The van der Waals surface area contributed by atoms with Crippen molar-refractivity contribution < 1.29 is 9.53 Å². The van der Waals surface area contributed by atoms with E-state index in [2.05, 4.69) is 20.2 Å². The van der Waals surface area contributed by atoms with Gasteiger partial charge < -0.3 is 15.0 Å². The molecular formula is C16H18N4O2. The smallest absolute Gasteiger partial charge is 0.255 e. The molecular weight excluding hydrogens is 280 g/mol. The first-order valence-corrected chi connectivity index (χ1v) is 7.28. The summed E-state index contributed by atoms with van der Waals surface area (Å²) >= 11 is 0. The number of aromatic nitrogens is 2. The first-order valence-electron chi connectivity index (χ1n) is 7.28. The molecule has 114 valence electrons. The van der Waals surface area contributed by atoms with Crippen LogP contribution in [0.3, 0.4) is 0 Å². The summed E-state index contributed by atoms with van der Waals surface area (Å²) in [5.41, 5.74) is 1.11. The summed E-state index contributed by atoms with van der Waals surface area (Å²) < 4.78 is 5.12. The van der Waals surface area contributed by atoms with Crippen LogP contribution in [0.15, 0.2) is 36.7 Å². The molecule has 2 aromatic rings. The molecule has 0 radical (unpaired) electrons. The molecule has 0 atom stereocenters. The SMILES string of the molecule is COc1cccc(C(=O)Nc2cnc(N3CCCC3)nc2)c1. The van der Waals surface area contributed by atoms with Crippen LogP contribution in [-0.4, -0.2) is 36.1 Å². The Labute approximate surface area is 129 Å².